The standard InChI is InChI=1S/C30H30FN5O5/c1-18(20-4-5-20)35(14-19-2-7-24(31)8-3-19)27(38)17-36-28(39)30(41-29(36)40)11-10-22-12-21(6-9-25(22)30)23-13-33-34(15-23)16-26(32)37/h2-3,6-9,12-13,15,18,20H,4-5,10-11,14,16-17H2,1H3,(H2,32,37)/t18-,30+/m0/s1. The highest BCUT2D eigenvalue weighted by Gasteiger charge is 2.58. The first-order valence-corrected chi connectivity index (χ1v) is 13.7. The third kappa shape index (κ3) is 4.96. The molecule has 2 N–H and O–H groups in total. The van der Waals surface area contributed by atoms with Crippen LogP contribution < -0.4 is 5.73 Å². The van der Waals surface area contributed by atoms with E-state index in [9.17, 15) is 23.6 Å². The molecule has 6 rings (SSSR count). The molecule has 0 bridgehead atoms. The van der Waals surface area contributed by atoms with Crippen LogP contribution in [-0.2, 0) is 44.2 Å². The van der Waals surface area contributed by atoms with E-state index in [-0.39, 0.29) is 37.3 Å². The van der Waals surface area contributed by atoms with Crippen LogP contribution in [0.1, 0.15) is 42.9 Å². The van der Waals surface area contributed by atoms with Crippen LogP contribution in [0.15, 0.2) is 54.9 Å². The van der Waals surface area contributed by atoms with E-state index in [0.717, 1.165) is 40.0 Å². The van der Waals surface area contributed by atoms with Crippen LogP contribution in [0, 0.1) is 11.7 Å². The fraction of sp³-hybridized carbons (Fsp3) is 0.367. The Hall–Kier alpha value is -4.54. The molecule has 1 saturated carbocycles. The first kappa shape index (κ1) is 26.7. The van der Waals surface area contributed by atoms with E-state index in [2.05, 4.69) is 5.10 Å². The Balaban J connectivity index is 1.21. The first-order valence-electron chi connectivity index (χ1n) is 13.7. The van der Waals surface area contributed by atoms with Crippen molar-refractivity contribution in [1.29, 1.82) is 0 Å². The fourth-order valence-electron chi connectivity index (χ4n) is 5.90. The SMILES string of the molecule is C[C@@H](C1CC1)N(Cc1ccc(F)cc1)C(=O)CN1C(=O)O[C@@]2(CCc3cc(-c4cnn(CC(N)=O)c4)ccc32)C1=O. The number of nitrogens with zero attached hydrogens (tertiary/aromatic N) is 4. The number of aryl methyl sites for hydroxylation is 1. The van der Waals surface area contributed by atoms with Gasteiger partial charge in [-0.3, -0.25) is 19.1 Å². The zero-order valence-electron chi connectivity index (χ0n) is 22.6. The Morgan fingerprint density at radius 3 is 2.61 bits per heavy atom. The predicted octanol–water partition coefficient (Wildman–Crippen LogP) is 3.12. The van der Waals surface area contributed by atoms with Gasteiger partial charge in [0, 0.05) is 36.3 Å². The highest BCUT2D eigenvalue weighted by atomic mass is 19.1. The van der Waals surface area contributed by atoms with E-state index < -0.39 is 30.1 Å². The molecule has 2 aromatic carbocycles. The number of ether oxygens (including phenoxy) is 1. The van der Waals surface area contributed by atoms with Crippen LogP contribution in [-0.4, -0.2) is 56.0 Å². The summed E-state index contributed by atoms with van der Waals surface area (Å²) in [5.41, 5.74) is 7.63. The summed E-state index contributed by atoms with van der Waals surface area (Å²) in [6, 6.07) is 11.4. The number of amides is 4. The monoisotopic (exact) mass is 559 g/mol. The zero-order chi connectivity index (χ0) is 28.9. The van der Waals surface area contributed by atoms with E-state index in [1.807, 2.05) is 19.1 Å². The Morgan fingerprint density at radius 1 is 1.15 bits per heavy atom. The van der Waals surface area contributed by atoms with Gasteiger partial charge in [0.2, 0.25) is 17.4 Å². The van der Waals surface area contributed by atoms with Gasteiger partial charge in [-0.05, 0) is 60.9 Å². The molecule has 0 radical (unpaired) electrons. The fourth-order valence-corrected chi connectivity index (χ4v) is 5.90. The maximum Gasteiger partial charge on any atom is 0.418 e. The molecule has 3 aliphatic rings. The van der Waals surface area contributed by atoms with Crippen LogP contribution in [0.4, 0.5) is 9.18 Å². The van der Waals surface area contributed by atoms with Gasteiger partial charge in [-0.1, -0.05) is 30.3 Å². The van der Waals surface area contributed by atoms with E-state index in [4.69, 9.17) is 10.5 Å². The number of carbonyl (C=O) groups is 4. The Bertz CT molecular complexity index is 1550. The van der Waals surface area contributed by atoms with Gasteiger partial charge in [0.15, 0.2) is 0 Å². The van der Waals surface area contributed by atoms with Crippen LogP contribution in [0.5, 0.6) is 0 Å². The molecule has 2 fully saturated rings. The number of rotatable bonds is 9. The van der Waals surface area contributed by atoms with Gasteiger partial charge in [-0.2, -0.15) is 5.10 Å². The Morgan fingerprint density at radius 2 is 1.90 bits per heavy atom. The van der Waals surface area contributed by atoms with E-state index >= 15 is 0 Å². The molecule has 1 aromatic heterocycles. The lowest BCUT2D eigenvalue weighted by atomic mass is 9.93. The molecule has 2 atom stereocenters. The summed E-state index contributed by atoms with van der Waals surface area (Å²) in [5, 5.41) is 4.16. The summed E-state index contributed by atoms with van der Waals surface area (Å²) in [5.74, 6) is -1.42. The predicted molar refractivity (Wildman–Crippen MR) is 144 cm³/mol. The minimum absolute atomic E-state index is 0.0339. The second-order valence-electron chi connectivity index (χ2n) is 11.1. The first-order chi connectivity index (χ1) is 19.6. The molecular formula is C30H30FN5O5. The van der Waals surface area contributed by atoms with Crippen molar-refractivity contribution in [3.8, 4) is 11.1 Å². The molecule has 3 aromatic rings. The summed E-state index contributed by atoms with van der Waals surface area (Å²) in [4.78, 5) is 54.1. The molecule has 1 spiro atoms. The van der Waals surface area contributed by atoms with Crippen LogP contribution in [0.3, 0.4) is 0 Å². The Kier molecular flexibility index (Phi) is 6.59. The average molecular weight is 560 g/mol. The zero-order valence-corrected chi connectivity index (χ0v) is 22.6. The summed E-state index contributed by atoms with van der Waals surface area (Å²) in [6.07, 6.45) is 5.30. The topological polar surface area (TPSA) is 128 Å². The van der Waals surface area contributed by atoms with Crippen molar-refractivity contribution in [3.05, 3.63) is 77.4 Å². The van der Waals surface area contributed by atoms with Gasteiger partial charge in [0.05, 0.1) is 6.20 Å². The molecule has 2 heterocycles. The second-order valence-corrected chi connectivity index (χ2v) is 11.1. The molecule has 1 aliphatic heterocycles. The molecule has 10 nitrogen and oxygen atoms in total. The van der Waals surface area contributed by atoms with Crippen molar-refractivity contribution >= 4 is 23.8 Å². The lowest BCUT2D eigenvalue weighted by Crippen LogP contribution is -2.47. The van der Waals surface area contributed by atoms with Crippen molar-refractivity contribution in [1.82, 2.24) is 19.6 Å². The molecule has 212 valence electrons. The van der Waals surface area contributed by atoms with Crippen molar-refractivity contribution in [3.63, 3.8) is 0 Å². The lowest BCUT2D eigenvalue weighted by molar-refractivity contribution is -0.143. The molecule has 2 aliphatic carbocycles. The minimum Gasteiger partial charge on any atom is -0.427 e. The third-order valence-corrected chi connectivity index (χ3v) is 8.32. The molecule has 41 heavy (non-hydrogen) atoms. The van der Waals surface area contributed by atoms with Crippen molar-refractivity contribution in [2.45, 2.75) is 57.3 Å². The van der Waals surface area contributed by atoms with Crippen molar-refractivity contribution in [2.24, 2.45) is 11.7 Å². The molecule has 1 saturated heterocycles. The minimum atomic E-state index is -1.47. The maximum absolute atomic E-state index is 13.7. The van der Waals surface area contributed by atoms with Gasteiger partial charge in [-0.15, -0.1) is 0 Å². The number of primary amides is 1. The lowest BCUT2D eigenvalue weighted by Gasteiger charge is -2.30. The van der Waals surface area contributed by atoms with Crippen LogP contribution in [0.2, 0.25) is 0 Å². The van der Waals surface area contributed by atoms with Crippen molar-refractivity contribution in [2.75, 3.05) is 6.54 Å². The molecule has 4 amide bonds. The van der Waals surface area contributed by atoms with Crippen molar-refractivity contribution < 1.29 is 28.3 Å². The normalized spacial score (nSPS) is 20.3. The maximum atomic E-state index is 13.7. The van der Waals surface area contributed by atoms with E-state index in [1.165, 1.54) is 16.8 Å². The number of nitrogens with two attached hydrogens (primary N) is 1. The summed E-state index contributed by atoms with van der Waals surface area (Å²) >= 11 is 0. The van der Waals surface area contributed by atoms with Gasteiger partial charge in [0.25, 0.3) is 5.91 Å². The number of hydrogen-bond donors (Lipinski definition) is 1. The summed E-state index contributed by atoms with van der Waals surface area (Å²) < 4.78 is 20.6. The number of carbonyl (C=O) groups excluding carboxylic acids is 4. The average Bonchev–Trinajstić information content (AvgIpc) is 3.53. The molecule has 0 unspecified atom stereocenters. The molecule has 11 heteroatoms. The second kappa shape index (κ2) is 10.1. The summed E-state index contributed by atoms with van der Waals surface area (Å²) in [7, 11) is 0. The van der Waals surface area contributed by atoms with Crippen LogP contribution >= 0.6 is 0 Å². The summed E-state index contributed by atoms with van der Waals surface area (Å²) in [6.45, 7) is 1.76. The number of halogens is 1. The number of hydrogen-bond acceptors (Lipinski definition) is 6. The highest BCUT2D eigenvalue weighted by Crippen LogP contribution is 2.46. The van der Waals surface area contributed by atoms with Gasteiger partial charge < -0.3 is 15.4 Å². The third-order valence-electron chi connectivity index (χ3n) is 8.32. The van der Waals surface area contributed by atoms with Crippen LogP contribution in [0.25, 0.3) is 11.1 Å². The van der Waals surface area contributed by atoms with Gasteiger partial charge >= 0.3 is 6.09 Å². The smallest absolute Gasteiger partial charge is 0.418 e. The largest absolute Gasteiger partial charge is 0.427 e. The van der Waals surface area contributed by atoms with E-state index in [1.54, 1.807) is 35.5 Å². The number of benzene rings is 2. The Labute approximate surface area is 235 Å². The number of imide groups is 1. The van der Waals surface area contributed by atoms with Gasteiger partial charge in [0.1, 0.15) is 18.9 Å². The highest BCUT2D eigenvalue weighted by molar-refractivity contribution is 6.06. The van der Waals surface area contributed by atoms with E-state index in [0.29, 0.717) is 17.9 Å². The number of fused-ring (bicyclic) bond motifs is 2. The van der Waals surface area contributed by atoms with Gasteiger partial charge in [-0.25, -0.2) is 14.1 Å². The molecular weight excluding hydrogens is 529 g/mol. The quantitative estimate of drug-likeness (QED) is 0.429. The number of aromatic nitrogens is 2.